The first-order valence-corrected chi connectivity index (χ1v) is 7.18. The van der Waals surface area contributed by atoms with Crippen molar-refractivity contribution in [1.82, 2.24) is 9.88 Å². The monoisotopic (exact) mass is 299 g/mol. The van der Waals surface area contributed by atoms with Crippen LogP contribution in [-0.4, -0.2) is 36.0 Å². The average Bonchev–Trinajstić information content (AvgIpc) is 2.49. The van der Waals surface area contributed by atoms with Gasteiger partial charge in [0.2, 0.25) is 5.91 Å². The molecule has 0 fully saturated rings. The van der Waals surface area contributed by atoms with Gasteiger partial charge in [-0.15, -0.1) is 0 Å². The molecule has 0 unspecified atom stereocenters. The topological polar surface area (TPSA) is 68.5 Å². The second-order valence-electron chi connectivity index (χ2n) is 5.24. The molecule has 1 heterocycles. The lowest BCUT2D eigenvalue weighted by Crippen LogP contribution is -2.32. The fourth-order valence-corrected chi connectivity index (χ4v) is 1.96. The van der Waals surface area contributed by atoms with E-state index in [2.05, 4.69) is 4.98 Å². The summed E-state index contributed by atoms with van der Waals surface area (Å²) in [5.74, 6) is 0.825. The minimum absolute atomic E-state index is 0.00473. The number of anilines is 1. The smallest absolute Gasteiger partial charge is 0.228 e. The summed E-state index contributed by atoms with van der Waals surface area (Å²) in [5, 5.41) is 0. The molecule has 1 aromatic carbocycles. The van der Waals surface area contributed by atoms with E-state index in [-0.39, 0.29) is 12.3 Å². The van der Waals surface area contributed by atoms with Crippen LogP contribution in [0.5, 0.6) is 5.75 Å². The lowest BCUT2D eigenvalue weighted by Gasteiger charge is -2.17. The number of nitrogens with zero attached hydrogens (tertiary/aromatic N) is 2. The summed E-state index contributed by atoms with van der Waals surface area (Å²) in [4.78, 5) is 17.9. The van der Waals surface area contributed by atoms with E-state index in [9.17, 15) is 4.79 Å². The highest BCUT2D eigenvalue weighted by molar-refractivity contribution is 5.78. The maximum Gasteiger partial charge on any atom is 0.228 e. The molecule has 1 amide bonds. The van der Waals surface area contributed by atoms with Crippen LogP contribution in [0.3, 0.4) is 0 Å². The van der Waals surface area contributed by atoms with E-state index in [1.807, 2.05) is 31.2 Å². The molecular formula is C17H21N3O2. The number of aromatic nitrogens is 1. The van der Waals surface area contributed by atoms with Gasteiger partial charge in [-0.1, -0.05) is 12.1 Å². The van der Waals surface area contributed by atoms with Crippen LogP contribution in [0.2, 0.25) is 0 Å². The molecule has 5 heteroatoms. The normalized spacial score (nSPS) is 10.3. The van der Waals surface area contributed by atoms with E-state index >= 15 is 0 Å². The van der Waals surface area contributed by atoms with Gasteiger partial charge in [0.1, 0.15) is 12.4 Å². The highest BCUT2D eigenvalue weighted by Crippen LogP contribution is 2.12. The van der Waals surface area contributed by atoms with E-state index in [1.165, 1.54) is 0 Å². The molecule has 0 aliphatic carbocycles. The Labute approximate surface area is 130 Å². The number of carbonyl (C=O) groups excluding carboxylic acids is 1. The van der Waals surface area contributed by atoms with Gasteiger partial charge < -0.3 is 15.4 Å². The molecule has 0 bridgehead atoms. The van der Waals surface area contributed by atoms with E-state index in [4.69, 9.17) is 10.5 Å². The summed E-state index contributed by atoms with van der Waals surface area (Å²) in [6.45, 7) is 3.00. The molecule has 2 aromatic rings. The third-order valence-electron chi connectivity index (χ3n) is 3.29. The summed E-state index contributed by atoms with van der Waals surface area (Å²) in [6.07, 6.45) is 1.82. The quantitative estimate of drug-likeness (QED) is 0.886. The van der Waals surface area contributed by atoms with Crippen LogP contribution in [0.4, 0.5) is 5.69 Å². The predicted octanol–water partition coefficient (Wildman–Crippen LogP) is 2.05. The van der Waals surface area contributed by atoms with Gasteiger partial charge in [0.15, 0.2) is 0 Å². The molecule has 2 N–H and O–H groups in total. The molecule has 0 aliphatic heterocycles. The molecule has 116 valence electrons. The number of carbonyl (C=O) groups is 1. The van der Waals surface area contributed by atoms with E-state index in [0.717, 1.165) is 11.3 Å². The number of nitrogens with two attached hydrogens (primary N) is 1. The number of hydrogen-bond acceptors (Lipinski definition) is 4. The molecule has 0 radical (unpaired) electrons. The summed E-state index contributed by atoms with van der Waals surface area (Å²) in [6, 6.07) is 11.4. The van der Waals surface area contributed by atoms with Crippen LogP contribution in [0, 0.1) is 6.92 Å². The average molecular weight is 299 g/mol. The first-order chi connectivity index (χ1) is 10.5. The summed E-state index contributed by atoms with van der Waals surface area (Å²) in [7, 11) is 1.76. The second kappa shape index (κ2) is 7.45. The highest BCUT2D eigenvalue weighted by Gasteiger charge is 2.10. The van der Waals surface area contributed by atoms with Gasteiger partial charge in [0.25, 0.3) is 0 Å². The van der Waals surface area contributed by atoms with Crippen molar-refractivity contribution in [3.8, 4) is 5.75 Å². The molecule has 0 atom stereocenters. The lowest BCUT2D eigenvalue weighted by atomic mass is 10.2. The van der Waals surface area contributed by atoms with Crippen LogP contribution in [0.15, 0.2) is 42.6 Å². The maximum atomic E-state index is 12.1. The van der Waals surface area contributed by atoms with Crippen LogP contribution < -0.4 is 10.5 Å². The van der Waals surface area contributed by atoms with Crippen LogP contribution in [0.25, 0.3) is 0 Å². The Kier molecular flexibility index (Phi) is 5.36. The number of rotatable bonds is 6. The zero-order chi connectivity index (χ0) is 15.9. The Balaban J connectivity index is 1.77. The minimum atomic E-state index is 0.00473. The van der Waals surface area contributed by atoms with Gasteiger partial charge in [-0.25, -0.2) is 0 Å². The van der Waals surface area contributed by atoms with Gasteiger partial charge in [-0.3, -0.25) is 9.78 Å². The van der Waals surface area contributed by atoms with Gasteiger partial charge in [-0.2, -0.15) is 0 Å². The highest BCUT2D eigenvalue weighted by atomic mass is 16.5. The number of nitrogen functional groups attached to an aromatic ring is 1. The Morgan fingerprint density at radius 2 is 2.14 bits per heavy atom. The molecule has 0 spiro atoms. The van der Waals surface area contributed by atoms with E-state index in [1.54, 1.807) is 30.3 Å². The molecule has 2 rings (SSSR count). The van der Waals surface area contributed by atoms with Crippen molar-refractivity contribution >= 4 is 11.6 Å². The van der Waals surface area contributed by atoms with E-state index < -0.39 is 0 Å². The van der Waals surface area contributed by atoms with Crippen LogP contribution in [-0.2, 0) is 11.2 Å². The van der Waals surface area contributed by atoms with Crippen molar-refractivity contribution in [1.29, 1.82) is 0 Å². The van der Waals surface area contributed by atoms with Crippen molar-refractivity contribution in [3.63, 3.8) is 0 Å². The third-order valence-corrected chi connectivity index (χ3v) is 3.29. The second-order valence-corrected chi connectivity index (χ2v) is 5.24. The van der Waals surface area contributed by atoms with Gasteiger partial charge in [0, 0.05) is 12.7 Å². The Morgan fingerprint density at radius 1 is 1.32 bits per heavy atom. The number of ether oxygens (including phenoxy) is 1. The van der Waals surface area contributed by atoms with Crippen molar-refractivity contribution in [2.24, 2.45) is 0 Å². The number of likely N-dealkylation sites (N-methyl/N-ethyl adjacent to an activating group) is 1. The SMILES string of the molecule is Cc1cccc(OCCN(C)C(=O)Cc2ccc(N)cn2)c1. The zero-order valence-corrected chi connectivity index (χ0v) is 13.0. The van der Waals surface area contributed by atoms with Crippen LogP contribution >= 0.6 is 0 Å². The van der Waals surface area contributed by atoms with Crippen molar-refractivity contribution in [3.05, 3.63) is 53.9 Å². The fraction of sp³-hybridized carbons (Fsp3) is 0.294. The van der Waals surface area contributed by atoms with Gasteiger partial charge >= 0.3 is 0 Å². The molecular weight excluding hydrogens is 278 g/mol. The third kappa shape index (κ3) is 4.77. The minimum Gasteiger partial charge on any atom is -0.492 e. The number of hydrogen-bond donors (Lipinski definition) is 1. The fourth-order valence-electron chi connectivity index (χ4n) is 1.96. The first-order valence-electron chi connectivity index (χ1n) is 7.18. The molecule has 0 aliphatic rings. The maximum absolute atomic E-state index is 12.1. The predicted molar refractivity (Wildman–Crippen MR) is 86.7 cm³/mol. The lowest BCUT2D eigenvalue weighted by molar-refractivity contribution is -0.129. The Bertz CT molecular complexity index is 626. The molecule has 1 aromatic heterocycles. The number of aryl methyl sites for hydroxylation is 1. The number of amides is 1. The van der Waals surface area contributed by atoms with E-state index in [0.29, 0.717) is 24.5 Å². The summed E-state index contributed by atoms with van der Waals surface area (Å²) < 4.78 is 5.65. The van der Waals surface area contributed by atoms with Crippen molar-refractivity contribution in [2.45, 2.75) is 13.3 Å². The zero-order valence-electron chi connectivity index (χ0n) is 13.0. The number of pyridine rings is 1. The van der Waals surface area contributed by atoms with Crippen molar-refractivity contribution in [2.75, 3.05) is 25.9 Å². The van der Waals surface area contributed by atoms with Crippen LogP contribution in [0.1, 0.15) is 11.3 Å². The summed E-state index contributed by atoms with van der Waals surface area (Å²) >= 11 is 0. The number of benzene rings is 1. The molecule has 5 nitrogen and oxygen atoms in total. The molecule has 0 saturated carbocycles. The molecule has 22 heavy (non-hydrogen) atoms. The largest absolute Gasteiger partial charge is 0.492 e. The Hall–Kier alpha value is -2.56. The van der Waals surface area contributed by atoms with Crippen molar-refractivity contribution < 1.29 is 9.53 Å². The van der Waals surface area contributed by atoms with Gasteiger partial charge in [0.05, 0.1) is 24.8 Å². The summed E-state index contributed by atoms with van der Waals surface area (Å²) in [5.41, 5.74) is 8.03. The first kappa shape index (κ1) is 15.8. The van der Waals surface area contributed by atoms with Gasteiger partial charge in [-0.05, 0) is 36.8 Å². The Morgan fingerprint density at radius 3 is 2.82 bits per heavy atom. The molecule has 0 saturated heterocycles. The standard InChI is InChI=1S/C17H21N3O2/c1-13-4-3-5-16(10-13)22-9-8-20(2)17(21)11-15-7-6-14(18)12-19-15/h3-7,10,12H,8-9,11,18H2,1-2H3.